The van der Waals surface area contributed by atoms with E-state index in [9.17, 15) is 4.21 Å². The van der Waals surface area contributed by atoms with Gasteiger partial charge in [-0.15, -0.1) is 0 Å². The van der Waals surface area contributed by atoms with Crippen molar-refractivity contribution >= 4 is 10.8 Å². The fraction of sp³-hybridized carbons (Fsp3) is 1.00. The lowest BCUT2D eigenvalue weighted by Crippen LogP contribution is -2.48. The van der Waals surface area contributed by atoms with E-state index in [1.807, 2.05) is 0 Å². The third kappa shape index (κ3) is 2.21. The molecule has 98 valence electrons. The Kier molecular flexibility index (Phi) is 3.33. The maximum Gasteiger partial charge on any atom is 0.0509 e. The smallest absolute Gasteiger partial charge is 0.0509 e. The van der Waals surface area contributed by atoms with Crippen molar-refractivity contribution in [3.8, 4) is 0 Å². The maximum atomic E-state index is 12.6. The Hall–Kier alpha value is 0.110. The van der Waals surface area contributed by atoms with Gasteiger partial charge in [0.25, 0.3) is 0 Å². The molecule has 2 aliphatic carbocycles. The topological polar surface area (TPSA) is 29.1 Å². The Morgan fingerprint density at radius 3 is 2.71 bits per heavy atom. The first-order valence-corrected chi connectivity index (χ1v) is 8.61. The standard InChI is InChI=1S/C14H25NOS/c1-11-5-9-15-12-4-8-14(6-2-3-7-14)10-13(12)17(11)16/h11-13,15H,2-10H2,1H3. The zero-order valence-corrected chi connectivity index (χ0v) is 11.7. The molecule has 3 aliphatic rings. The summed E-state index contributed by atoms with van der Waals surface area (Å²) in [5.41, 5.74) is 0.586. The quantitative estimate of drug-likeness (QED) is 0.721. The largest absolute Gasteiger partial charge is 0.313 e. The van der Waals surface area contributed by atoms with Crippen molar-refractivity contribution < 1.29 is 4.21 Å². The second kappa shape index (κ2) is 4.65. The van der Waals surface area contributed by atoms with Gasteiger partial charge in [-0.1, -0.05) is 19.8 Å². The highest BCUT2D eigenvalue weighted by atomic mass is 32.2. The van der Waals surface area contributed by atoms with Gasteiger partial charge in [-0.05, 0) is 50.5 Å². The van der Waals surface area contributed by atoms with Crippen molar-refractivity contribution in [3.05, 3.63) is 0 Å². The van der Waals surface area contributed by atoms with Crippen LogP contribution in [0.25, 0.3) is 0 Å². The van der Waals surface area contributed by atoms with Crippen LogP contribution in [-0.2, 0) is 10.8 Å². The van der Waals surface area contributed by atoms with Gasteiger partial charge in [0.1, 0.15) is 0 Å². The molecule has 3 heteroatoms. The van der Waals surface area contributed by atoms with Crippen LogP contribution in [-0.4, -0.2) is 27.3 Å². The van der Waals surface area contributed by atoms with E-state index >= 15 is 0 Å². The molecule has 0 aromatic carbocycles. The summed E-state index contributed by atoms with van der Waals surface area (Å²) in [7, 11) is -0.603. The predicted octanol–water partition coefficient (Wildman–Crippen LogP) is 2.60. The zero-order chi connectivity index (χ0) is 11.9. The summed E-state index contributed by atoms with van der Waals surface area (Å²) < 4.78 is 12.6. The Bertz CT molecular complexity index is 311. The first kappa shape index (κ1) is 12.2. The Morgan fingerprint density at radius 1 is 1.18 bits per heavy atom. The molecule has 1 saturated heterocycles. The second-order valence-corrected chi connectivity index (χ2v) is 8.54. The minimum Gasteiger partial charge on any atom is -0.313 e. The molecule has 1 N–H and O–H groups in total. The monoisotopic (exact) mass is 255 g/mol. The van der Waals surface area contributed by atoms with Crippen molar-refractivity contribution in [2.45, 2.75) is 74.8 Å². The van der Waals surface area contributed by atoms with Gasteiger partial charge in [0.05, 0.1) is 5.25 Å². The molecule has 3 rings (SSSR count). The van der Waals surface area contributed by atoms with Gasteiger partial charge < -0.3 is 5.32 Å². The lowest BCUT2D eigenvalue weighted by Gasteiger charge is -2.42. The van der Waals surface area contributed by atoms with E-state index in [1.165, 1.54) is 44.9 Å². The van der Waals surface area contributed by atoms with Gasteiger partial charge in [0, 0.05) is 22.1 Å². The van der Waals surface area contributed by atoms with Crippen LogP contribution in [0.4, 0.5) is 0 Å². The van der Waals surface area contributed by atoms with E-state index in [0.717, 1.165) is 13.0 Å². The third-order valence-corrected chi connectivity index (χ3v) is 7.51. The van der Waals surface area contributed by atoms with Gasteiger partial charge in [0.2, 0.25) is 0 Å². The van der Waals surface area contributed by atoms with Gasteiger partial charge >= 0.3 is 0 Å². The third-order valence-electron chi connectivity index (χ3n) is 5.39. The minimum absolute atomic E-state index is 0.397. The molecule has 2 nitrogen and oxygen atoms in total. The molecule has 0 bridgehead atoms. The summed E-state index contributed by atoms with van der Waals surface area (Å²) in [6.45, 7) is 3.25. The second-order valence-electron chi connectivity index (χ2n) is 6.48. The van der Waals surface area contributed by atoms with Crippen molar-refractivity contribution in [2.24, 2.45) is 5.41 Å². The van der Waals surface area contributed by atoms with Crippen LogP contribution in [0.3, 0.4) is 0 Å². The predicted molar refractivity (Wildman–Crippen MR) is 72.6 cm³/mol. The molecule has 3 fully saturated rings. The molecule has 2 saturated carbocycles. The first-order valence-electron chi connectivity index (χ1n) is 7.33. The number of nitrogens with one attached hydrogen (secondary N) is 1. The van der Waals surface area contributed by atoms with E-state index < -0.39 is 10.8 Å². The molecular weight excluding hydrogens is 230 g/mol. The Morgan fingerprint density at radius 2 is 1.94 bits per heavy atom. The van der Waals surface area contributed by atoms with Gasteiger partial charge in [-0.3, -0.25) is 4.21 Å². The fourth-order valence-electron chi connectivity index (χ4n) is 4.26. The highest BCUT2D eigenvalue weighted by Crippen LogP contribution is 2.50. The number of hydrogen-bond donors (Lipinski definition) is 1. The van der Waals surface area contributed by atoms with Gasteiger partial charge in [-0.2, -0.15) is 0 Å². The molecule has 0 amide bonds. The zero-order valence-electron chi connectivity index (χ0n) is 10.9. The summed E-state index contributed by atoms with van der Waals surface area (Å²) >= 11 is 0. The Balaban J connectivity index is 1.79. The molecule has 1 aliphatic heterocycles. The molecule has 0 aromatic rings. The highest BCUT2D eigenvalue weighted by Gasteiger charge is 2.45. The lowest BCUT2D eigenvalue weighted by atomic mass is 9.71. The van der Waals surface area contributed by atoms with Gasteiger partial charge in [-0.25, -0.2) is 0 Å². The lowest BCUT2D eigenvalue weighted by molar-refractivity contribution is 0.175. The van der Waals surface area contributed by atoms with Crippen LogP contribution in [0.2, 0.25) is 0 Å². The number of hydrogen-bond acceptors (Lipinski definition) is 2. The summed E-state index contributed by atoms with van der Waals surface area (Å²) in [5, 5.41) is 4.50. The molecule has 4 unspecified atom stereocenters. The van der Waals surface area contributed by atoms with E-state index in [4.69, 9.17) is 0 Å². The summed E-state index contributed by atoms with van der Waals surface area (Å²) in [4.78, 5) is 0. The van der Waals surface area contributed by atoms with E-state index in [-0.39, 0.29) is 0 Å². The first-order chi connectivity index (χ1) is 8.20. The summed E-state index contributed by atoms with van der Waals surface area (Å²) in [6, 6.07) is 0.548. The molecule has 0 radical (unpaired) electrons. The van der Waals surface area contributed by atoms with Crippen LogP contribution >= 0.6 is 0 Å². The van der Waals surface area contributed by atoms with E-state index in [2.05, 4.69) is 12.2 Å². The minimum atomic E-state index is -0.603. The highest BCUT2D eigenvalue weighted by molar-refractivity contribution is 7.86. The van der Waals surface area contributed by atoms with Crippen molar-refractivity contribution in [2.75, 3.05) is 6.54 Å². The maximum absolute atomic E-state index is 12.6. The average Bonchev–Trinajstić information content (AvgIpc) is 2.73. The van der Waals surface area contributed by atoms with Crippen LogP contribution < -0.4 is 5.32 Å². The van der Waals surface area contributed by atoms with Crippen molar-refractivity contribution in [1.82, 2.24) is 5.32 Å². The molecular formula is C14H25NOS. The molecule has 4 atom stereocenters. The summed E-state index contributed by atoms with van der Waals surface area (Å²) in [5.74, 6) is 0. The number of fused-ring (bicyclic) bond motifs is 1. The Labute approximate surface area is 107 Å². The normalized spacial score (nSPS) is 45.5. The van der Waals surface area contributed by atoms with Crippen molar-refractivity contribution in [1.29, 1.82) is 0 Å². The molecule has 1 heterocycles. The van der Waals surface area contributed by atoms with E-state index in [1.54, 1.807) is 0 Å². The van der Waals surface area contributed by atoms with Crippen molar-refractivity contribution in [3.63, 3.8) is 0 Å². The average molecular weight is 255 g/mol. The summed E-state index contributed by atoms with van der Waals surface area (Å²) in [6.07, 6.45) is 10.6. The SMILES string of the molecule is CC1CCNC2CCC3(CCCC3)CC2S1=O. The molecule has 17 heavy (non-hydrogen) atoms. The number of rotatable bonds is 0. The molecule has 1 spiro atoms. The van der Waals surface area contributed by atoms with Crippen LogP contribution in [0, 0.1) is 5.41 Å². The fourth-order valence-corrected chi connectivity index (χ4v) is 6.28. The van der Waals surface area contributed by atoms with Gasteiger partial charge in [0.15, 0.2) is 0 Å². The van der Waals surface area contributed by atoms with Crippen LogP contribution in [0.1, 0.15) is 58.3 Å². The molecule has 0 aromatic heterocycles. The van der Waals surface area contributed by atoms with Crippen LogP contribution in [0.15, 0.2) is 0 Å². The van der Waals surface area contributed by atoms with E-state index in [0.29, 0.717) is 22.0 Å². The van der Waals surface area contributed by atoms with Crippen LogP contribution in [0.5, 0.6) is 0 Å².